The molecule has 0 bridgehead atoms. The van der Waals surface area contributed by atoms with Crippen molar-refractivity contribution in [2.45, 2.75) is 0 Å². The molecule has 0 aliphatic heterocycles. The highest BCUT2D eigenvalue weighted by atomic mass is 127. The van der Waals surface area contributed by atoms with Crippen LogP contribution in [0.3, 0.4) is 0 Å². The summed E-state index contributed by atoms with van der Waals surface area (Å²) in [4.78, 5) is 8.91. The molecule has 0 saturated carbocycles. The smallest absolute Gasteiger partial charge is 0.102 e. The standard InChI is InChI=1S/C12H7IN2/c13-10-6-5-9-4-3-8-2-1-7-14-11(8)12(9)15-10/h1-7H. The Bertz CT molecular complexity index is 649. The minimum Gasteiger partial charge on any atom is -0.254 e. The van der Waals surface area contributed by atoms with Crippen molar-refractivity contribution in [1.82, 2.24) is 9.97 Å². The summed E-state index contributed by atoms with van der Waals surface area (Å²) < 4.78 is 0.998. The van der Waals surface area contributed by atoms with Crippen molar-refractivity contribution in [3.63, 3.8) is 0 Å². The van der Waals surface area contributed by atoms with E-state index in [-0.39, 0.29) is 0 Å². The molecule has 72 valence electrons. The second-order valence-corrected chi connectivity index (χ2v) is 4.45. The van der Waals surface area contributed by atoms with E-state index in [1.54, 1.807) is 0 Å². The van der Waals surface area contributed by atoms with Gasteiger partial charge < -0.3 is 0 Å². The zero-order valence-electron chi connectivity index (χ0n) is 7.81. The van der Waals surface area contributed by atoms with E-state index in [1.165, 1.54) is 0 Å². The number of halogens is 1. The molecule has 3 heteroatoms. The molecule has 0 spiro atoms. The normalized spacial score (nSPS) is 11.0. The number of hydrogen-bond acceptors (Lipinski definition) is 2. The predicted octanol–water partition coefficient (Wildman–Crippen LogP) is 3.39. The summed E-state index contributed by atoms with van der Waals surface area (Å²) in [6, 6.07) is 12.3. The fourth-order valence-corrected chi connectivity index (χ4v) is 2.12. The van der Waals surface area contributed by atoms with Crippen LogP contribution in [0.15, 0.2) is 42.6 Å². The summed E-state index contributed by atoms with van der Waals surface area (Å²) in [5.74, 6) is 0. The highest BCUT2D eigenvalue weighted by Gasteiger charge is 2.02. The van der Waals surface area contributed by atoms with E-state index in [2.05, 4.69) is 56.8 Å². The maximum Gasteiger partial charge on any atom is 0.102 e. The minimum absolute atomic E-state index is 0.980. The molecule has 3 rings (SSSR count). The van der Waals surface area contributed by atoms with Gasteiger partial charge >= 0.3 is 0 Å². The molecular weight excluding hydrogens is 299 g/mol. The van der Waals surface area contributed by atoms with Crippen molar-refractivity contribution in [3.8, 4) is 0 Å². The van der Waals surface area contributed by atoms with Crippen LogP contribution in [0, 0.1) is 3.70 Å². The molecule has 0 N–H and O–H groups in total. The Morgan fingerprint density at radius 1 is 0.867 bits per heavy atom. The molecule has 0 amide bonds. The third kappa shape index (κ3) is 1.47. The second-order valence-electron chi connectivity index (χ2n) is 3.35. The Balaban J connectivity index is 2.57. The predicted molar refractivity (Wildman–Crippen MR) is 69.8 cm³/mol. The van der Waals surface area contributed by atoms with E-state index in [9.17, 15) is 0 Å². The average molecular weight is 306 g/mol. The highest BCUT2D eigenvalue weighted by molar-refractivity contribution is 14.1. The number of nitrogens with zero attached hydrogens (tertiary/aromatic N) is 2. The van der Waals surface area contributed by atoms with Crippen LogP contribution < -0.4 is 0 Å². The van der Waals surface area contributed by atoms with Crippen LogP contribution in [-0.4, -0.2) is 9.97 Å². The molecule has 2 heterocycles. The summed E-state index contributed by atoms with van der Waals surface area (Å²) >= 11 is 2.22. The summed E-state index contributed by atoms with van der Waals surface area (Å²) in [7, 11) is 0. The first kappa shape index (κ1) is 9.03. The van der Waals surface area contributed by atoms with Gasteiger partial charge in [-0.05, 0) is 34.7 Å². The van der Waals surface area contributed by atoms with Gasteiger partial charge in [0.2, 0.25) is 0 Å². The maximum atomic E-state index is 4.53. The Labute approximate surface area is 100 Å². The SMILES string of the molecule is Ic1ccc2ccc3cccnc3c2n1. The molecule has 0 radical (unpaired) electrons. The fourth-order valence-electron chi connectivity index (χ4n) is 1.70. The maximum absolute atomic E-state index is 4.53. The fraction of sp³-hybridized carbons (Fsp3) is 0. The quantitative estimate of drug-likeness (QED) is 0.361. The van der Waals surface area contributed by atoms with E-state index < -0.39 is 0 Å². The van der Waals surface area contributed by atoms with Gasteiger partial charge in [0, 0.05) is 17.0 Å². The molecule has 15 heavy (non-hydrogen) atoms. The molecule has 0 saturated heterocycles. The summed E-state index contributed by atoms with van der Waals surface area (Å²) in [5, 5.41) is 2.28. The number of benzene rings is 1. The summed E-state index contributed by atoms with van der Waals surface area (Å²) in [6.07, 6.45) is 1.81. The van der Waals surface area contributed by atoms with Crippen LogP contribution in [0.4, 0.5) is 0 Å². The summed E-state index contributed by atoms with van der Waals surface area (Å²) in [5.41, 5.74) is 1.97. The second kappa shape index (κ2) is 3.41. The van der Waals surface area contributed by atoms with Crippen molar-refractivity contribution in [2.75, 3.05) is 0 Å². The molecule has 2 aromatic heterocycles. The topological polar surface area (TPSA) is 25.8 Å². The number of pyridine rings is 2. The molecule has 0 atom stereocenters. The van der Waals surface area contributed by atoms with Crippen molar-refractivity contribution >= 4 is 44.4 Å². The Kier molecular flexibility index (Phi) is 2.05. The van der Waals surface area contributed by atoms with Gasteiger partial charge in [-0.1, -0.05) is 24.3 Å². The zero-order valence-corrected chi connectivity index (χ0v) is 9.97. The van der Waals surface area contributed by atoms with Crippen LogP contribution >= 0.6 is 22.6 Å². The van der Waals surface area contributed by atoms with Crippen LogP contribution in [0.25, 0.3) is 21.8 Å². The number of aromatic nitrogens is 2. The van der Waals surface area contributed by atoms with E-state index in [1.807, 2.05) is 18.3 Å². The zero-order chi connectivity index (χ0) is 10.3. The average Bonchev–Trinajstić information content (AvgIpc) is 2.29. The highest BCUT2D eigenvalue weighted by Crippen LogP contribution is 2.22. The molecular formula is C12H7IN2. The summed E-state index contributed by atoms with van der Waals surface area (Å²) in [6.45, 7) is 0. The van der Waals surface area contributed by atoms with E-state index in [0.717, 1.165) is 25.5 Å². The Hall–Kier alpha value is -1.23. The van der Waals surface area contributed by atoms with Gasteiger partial charge in [0.25, 0.3) is 0 Å². The number of fused-ring (bicyclic) bond motifs is 3. The number of hydrogen-bond donors (Lipinski definition) is 0. The molecule has 0 unspecified atom stereocenters. The lowest BCUT2D eigenvalue weighted by Crippen LogP contribution is -1.86. The monoisotopic (exact) mass is 306 g/mol. The lowest BCUT2D eigenvalue weighted by atomic mass is 10.1. The van der Waals surface area contributed by atoms with Crippen molar-refractivity contribution in [3.05, 3.63) is 46.3 Å². The molecule has 0 fully saturated rings. The van der Waals surface area contributed by atoms with Gasteiger partial charge in [-0.3, -0.25) is 4.98 Å². The van der Waals surface area contributed by atoms with Crippen LogP contribution in [0.2, 0.25) is 0 Å². The molecule has 1 aromatic carbocycles. The lowest BCUT2D eigenvalue weighted by molar-refractivity contribution is 1.33. The number of rotatable bonds is 0. The van der Waals surface area contributed by atoms with Gasteiger partial charge in [-0.25, -0.2) is 4.98 Å². The third-order valence-corrected chi connectivity index (χ3v) is 3.00. The first-order valence-corrected chi connectivity index (χ1v) is 5.72. The lowest BCUT2D eigenvalue weighted by Gasteiger charge is -2.01. The van der Waals surface area contributed by atoms with Gasteiger partial charge in [0.15, 0.2) is 0 Å². The Morgan fingerprint density at radius 3 is 2.47 bits per heavy atom. The molecule has 0 aliphatic carbocycles. The minimum atomic E-state index is 0.980. The Morgan fingerprint density at radius 2 is 1.60 bits per heavy atom. The van der Waals surface area contributed by atoms with Gasteiger partial charge in [0.05, 0.1) is 11.0 Å². The van der Waals surface area contributed by atoms with Crippen molar-refractivity contribution < 1.29 is 0 Å². The van der Waals surface area contributed by atoms with Crippen molar-refractivity contribution in [1.29, 1.82) is 0 Å². The van der Waals surface area contributed by atoms with Crippen LogP contribution in [-0.2, 0) is 0 Å². The van der Waals surface area contributed by atoms with E-state index in [4.69, 9.17) is 0 Å². The van der Waals surface area contributed by atoms with E-state index in [0.29, 0.717) is 0 Å². The first-order chi connectivity index (χ1) is 7.34. The van der Waals surface area contributed by atoms with Crippen LogP contribution in [0.1, 0.15) is 0 Å². The van der Waals surface area contributed by atoms with Gasteiger partial charge in [0.1, 0.15) is 3.70 Å². The van der Waals surface area contributed by atoms with Crippen LogP contribution in [0.5, 0.6) is 0 Å². The third-order valence-electron chi connectivity index (χ3n) is 2.40. The van der Waals surface area contributed by atoms with Gasteiger partial charge in [-0.2, -0.15) is 0 Å². The van der Waals surface area contributed by atoms with E-state index >= 15 is 0 Å². The van der Waals surface area contributed by atoms with Crippen molar-refractivity contribution in [2.24, 2.45) is 0 Å². The largest absolute Gasteiger partial charge is 0.254 e. The molecule has 2 nitrogen and oxygen atoms in total. The molecule has 3 aromatic rings. The first-order valence-electron chi connectivity index (χ1n) is 4.64. The molecule has 0 aliphatic rings. The van der Waals surface area contributed by atoms with Gasteiger partial charge in [-0.15, -0.1) is 0 Å².